The number of rotatable bonds is 4. The van der Waals surface area contributed by atoms with E-state index in [4.69, 9.17) is 9.47 Å². The maximum atomic E-state index is 10.7. The summed E-state index contributed by atoms with van der Waals surface area (Å²) in [6.45, 7) is 5.45. The van der Waals surface area contributed by atoms with Gasteiger partial charge in [-0.2, -0.15) is 0 Å². The zero-order valence-corrected chi connectivity index (χ0v) is 11.9. The van der Waals surface area contributed by atoms with E-state index in [1.54, 1.807) is 0 Å². The highest BCUT2D eigenvalue weighted by atomic mass is 16.6. The summed E-state index contributed by atoms with van der Waals surface area (Å²) >= 11 is 0. The van der Waals surface area contributed by atoms with Gasteiger partial charge in [0.2, 0.25) is 0 Å². The van der Waals surface area contributed by atoms with Crippen LogP contribution in [0.2, 0.25) is 0 Å². The molecular weight excluding hydrogens is 252 g/mol. The molecule has 0 saturated carbocycles. The summed E-state index contributed by atoms with van der Waals surface area (Å²) in [5, 5.41) is 10.7. The van der Waals surface area contributed by atoms with E-state index in [2.05, 4.69) is 26.0 Å². The third-order valence-electron chi connectivity index (χ3n) is 4.13. The van der Waals surface area contributed by atoms with E-state index in [-0.39, 0.29) is 17.3 Å². The fourth-order valence-electron chi connectivity index (χ4n) is 2.45. The van der Waals surface area contributed by atoms with Gasteiger partial charge >= 0.3 is 0 Å². The fraction of sp³-hybridized carbons (Fsp3) is 0.412. The molecule has 0 aromatic heterocycles. The topological polar surface area (TPSA) is 42.0 Å². The quantitative estimate of drug-likeness (QED) is 0.848. The second-order valence-corrected chi connectivity index (χ2v) is 5.64. The summed E-state index contributed by atoms with van der Waals surface area (Å²) in [5.74, 6) is 0.896. The van der Waals surface area contributed by atoms with Crippen LogP contribution < -0.4 is 0 Å². The minimum atomic E-state index is -0.294. The minimum Gasteiger partial charge on any atom is -0.504 e. The summed E-state index contributed by atoms with van der Waals surface area (Å²) < 4.78 is 11.1. The van der Waals surface area contributed by atoms with Crippen LogP contribution in [-0.2, 0) is 9.47 Å². The lowest BCUT2D eigenvalue weighted by Gasteiger charge is -2.27. The molecule has 2 unspecified atom stereocenters. The van der Waals surface area contributed by atoms with Crippen molar-refractivity contribution in [2.75, 3.05) is 13.2 Å². The van der Waals surface area contributed by atoms with Gasteiger partial charge in [-0.05, 0) is 18.9 Å². The number of hydrogen-bond donors (Lipinski definition) is 1. The standard InChI is InChI=1S/C17H20O3/c1-3-17(2)9-8-12-6-4-5-7-14(12)15(18)16(17)20-11-13-10-19-13/h4-9,13,18H,3,10-11H2,1-2H3. The predicted octanol–water partition coefficient (Wildman–Crippen LogP) is 3.77. The summed E-state index contributed by atoms with van der Waals surface area (Å²) in [4.78, 5) is 0. The lowest BCUT2D eigenvalue weighted by Crippen LogP contribution is -2.20. The molecule has 3 rings (SSSR count). The first-order chi connectivity index (χ1) is 9.64. The number of ether oxygens (including phenoxy) is 2. The highest BCUT2D eigenvalue weighted by Crippen LogP contribution is 2.41. The molecule has 1 N–H and O–H groups in total. The van der Waals surface area contributed by atoms with E-state index < -0.39 is 0 Å². The molecule has 0 amide bonds. The van der Waals surface area contributed by atoms with Crippen molar-refractivity contribution in [3.8, 4) is 0 Å². The van der Waals surface area contributed by atoms with Gasteiger partial charge in [0.25, 0.3) is 0 Å². The predicted molar refractivity (Wildman–Crippen MR) is 79.1 cm³/mol. The Hall–Kier alpha value is -1.74. The van der Waals surface area contributed by atoms with E-state index in [0.29, 0.717) is 12.4 Å². The number of aliphatic hydroxyl groups is 1. The van der Waals surface area contributed by atoms with Crippen LogP contribution in [-0.4, -0.2) is 24.4 Å². The van der Waals surface area contributed by atoms with Gasteiger partial charge in [0.05, 0.1) is 6.61 Å². The number of hydrogen-bond acceptors (Lipinski definition) is 3. The molecule has 1 fully saturated rings. The average molecular weight is 272 g/mol. The van der Waals surface area contributed by atoms with Gasteiger partial charge < -0.3 is 14.6 Å². The maximum absolute atomic E-state index is 10.7. The molecular formula is C17H20O3. The smallest absolute Gasteiger partial charge is 0.162 e. The molecule has 1 heterocycles. The SMILES string of the molecule is CCC1(C)C=Cc2ccccc2C(O)=C1OCC1CO1. The molecule has 0 bridgehead atoms. The van der Waals surface area contributed by atoms with Crippen LogP contribution in [0.15, 0.2) is 36.1 Å². The van der Waals surface area contributed by atoms with Crippen molar-refractivity contribution in [2.24, 2.45) is 5.41 Å². The van der Waals surface area contributed by atoms with Gasteiger partial charge in [-0.1, -0.05) is 43.3 Å². The van der Waals surface area contributed by atoms with Crippen LogP contribution in [0.4, 0.5) is 0 Å². The third kappa shape index (κ3) is 2.34. The number of allylic oxidation sites excluding steroid dienone is 1. The van der Waals surface area contributed by atoms with Crippen molar-refractivity contribution >= 4 is 11.8 Å². The van der Waals surface area contributed by atoms with Crippen LogP contribution in [0, 0.1) is 5.41 Å². The minimum absolute atomic E-state index is 0.180. The summed E-state index contributed by atoms with van der Waals surface area (Å²) in [6, 6.07) is 7.83. The molecule has 0 spiro atoms. The highest BCUT2D eigenvalue weighted by Gasteiger charge is 2.34. The molecule has 1 aliphatic heterocycles. The number of benzene rings is 1. The summed E-state index contributed by atoms with van der Waals surface area (Å²) in [6.07, 6.45) is 5.23. The Morgan fingerprint density at radius 3 is 2.85 bits per heavy atom. The van der Waals surface area contributed by atoms with E-state index >= 15 is 0 Å². The van der Waals surface area contributed by atoms with E-state index in [0.717, 1.165) is 24.2 Å². The van der Waals surface area contributed by atoms with Crippen LogP contribution in [0.25, 0.3) is 11.8 Å². The molecule has 106 valence electrons. The van der Waals surface area contributed by atoms with Gasteiger partial charge in [0, 0.05) is 11.0 Å². The highest BCUT2D eigenvalue weighted by molar-refractivity contribution is 5.74. The van der Waals surface area contributed by atoms with E-state index in [1.165, 1.54) is 0 Å². The van der Waals surface area contributed by atoms with Crippen molar-refractivity contribution in [3.63, 3.8) is 0 Å². The number of aliphatic hydroxyl groups excluding tert-OH is 1. The molecule has 1 aliphatic carbocycles. The van der Waals surface area contributed by atoms with Crippen molar-refractivity contribution in [1.29, 1.82) is 0 Å². The van der Waals surface area contributed by atoms with Gasteiger partial charge in [-0.25, -0.2) is 0 Å². The molecule has 2 atom stereocenters. The molecule has 0 radical (unpaired) electrons. The first-order valence-electron chi connectivity index (χ1n) is 7.11. The van der Waals surface area contributed by atoms with E-state index in [1.807, 2.05) is 24.3 Å². The molecule has 1 saturated heterocycles. The van der Waals surface area contributed by atoms with Gasteiger partial charge in [-0.3, -0.25) is 0 Å². The Balaban J connectivity index is 2.04. The fourth-order valence-corrected chi connectivity index (χ4v) is 2.45. The van der Waals surface area contributed by atoms with Gasteiger partial charge in [-0.15, -0.1) is 0 Å². The lowest BCUT2D eigenvalue weighted by atomic mass is 9.84. The van der Waals surface area contributed by atoms with Crippen molar-refractivity contribution in [3.05, 3.63) is 47.2 Å². The monoisotopic (exact) mass is 272 g/mol. The number of epoxide rings is 1. The third-order valence-corrected chi connectivity index (χ3v) is 4.13. The van der Waals surface area contributed by atoms with Gasteiger partial charge in [0.15, 0.2) is 5.76 Å². The molecule has 2 aliphatic rings. The first kappa shape index (κ1) is 13.3. The average Bonchev–Trinajstić information content (AvgIpc) is 3.29. The molecule has 3 nitrogen and oxygen atoms in total. The lowest BCUT2D eigenvalue weighted by molar-refractivity contribution is 0.132. The van der Waals surface area contributed by atoms with Crippen molar-refractivity contribution in [1.82, 2.24) is 0 Å². The van der Waals surface area contributed by atoms with E-state index in [9.17, 15) is 5.11 Å². The van der Waals surface area contributed by atoms with Gasteiger partial charge in [0.1, 0.15) is 18.5 Å². The van der Waals surface area contributed by atoms with Crippen LogP contribution in [0.5, 0.6) is 0 Å². The van der Waals surface area contributed by atoms with Crippen molar-refractivity contribution in [2.45, 2.75) is 26.4 Å². The Labute approximate surface area is 119 Å². The Morgan fingerprint density at radius 1 is 1.40 bits per heavy atom. The van der Waals surface area contributed by atoms with Crippen molar-refractivity contribution < 1.29 is 14.6 Å². The molecule has 1 aromatic carbocycles. The molecule has 20 heavy (non-hydrogen) atoms. The summed E-state index contributed by atoms with van der Waals surface area (Å²) in [7, 11) is 0. The largest absolute Gasteiger partial charge is 0.504 e. The first-order valence-corrected chi connectivity index (χ1v) is 7.11. The number of fused-ring (bicyclic) bond motifs is 1. The second kappa shape index (κ2) is 4.98. The normalized spacial score (nSPS) is 28.0. The second-order valence-electron chi connectivity index (χ2n) is 5.64. The van der Waals surface area contributed by atoms with Crippen LogP contribution in [0.3, 0.4) is 0 Å². The zero-order valence-electron chi connectivity index (χ0n) is 11.9. The zero-order chi connectivity index (χ0) is 14.2. The Morgan fingerprint density at radius 2 is 2.15 bits per heavy atom. The van der Waals surface area contributed by atoms with Crippen LogP contribution in [0.1, 0.15) is 31.4 Å². The Kier molecular flexibility index (Phi) is 3.30. The maximum Gasteiger partial charge on any atom is 0.162 e. The molecule has 3 heteroatoms. The Bertz CT molecular complexity index is 569. The molecule has 1 aromatic rings. The summed E-state index contributed by atoms with van der Waals surface area (Å²) in [5.41, 5.74) is 1.55. The van der Waals surface area contributed by atoms with Crippen LogP contribution >= 0.6 is 0 Å².